The number of para-hydroxylation sites is 1. The van der Waals surface area contributed by atoms with E-state index in [1.807, 2.05) is 24.3 Å². The quantitative estimate of drug-likeness (QED) is 0.246. The molecule has 0 fully saturated rings. The first-order valence-electron chi connectivity index (χ1n) is 11.4. The molecule has 0 bridgehead atoms. The molecule has 4 N–H and O–H groups in total. The van der Waals surface area contributed by atoms with Crippen LogP contribution in [0.4, 0.5) is 17.5 Å². The second kappa shape index (κ2) is 10.3. The summed E-state index contributed by atoms with van der Waals surface area (Å²) in [5.74, 6) is 2.18. The lowest BCUT2D eigenvalue weighted by Crippen LogP contribution is -2.19. The van der Waals surface area contributed by atoms with Gasteiger partial charge < -0.3 is 25.7 Å². The van der Waals surface area contributed by atoms with E-state index in [-0.39, 0.29) is 0 Å². The molecule has 1 aliphatic rings. The highest BCUT2D eigenvalue weighted by Gasteiger charge is 2.12. The fourth-order valence-corrected chi connectivity index (χ4v) is 4.57. The minimum Gasteiger partial charge on any atom is -0.496 e. The van der Waals surface area contributed by atoms with E-state index in [1.54, 1.807) is 13.3 Å². The van der Waals surface area contributed by atoms with Gasteiger partial charge in [0.2, 0.25) is 5.95 Å². The third-order valence-corrected chi connectivity index (χ3v) is 6.55. The number of halogens is 1. The summed E-state index contributed by atoms with van der Waals surface area (Å²) in [6.07, 6.45) is 7.99. The highest BCUT2D eigenvalue weighted by atomic mass is 79.9. The van der Waals surface area contributed by atoms with E-state index in [4.69, 9.17) is 4.74 Å². The number of benzene rings is 2. The van der Waals surface area contributed by atoms with E-state index in [1.165, 1.54) is 16.5 Å². The molecule has 2 aromatic heterocycles. The van der Waals surface area contributed by atoms with Crippen molar-refractivity contribution in [2.24, 2.45) is 0 Å². The lowest BCUT2D eigenvalue weighted by atomic mass is 9.99. The number of methoxy groups -OCH3 is 1. The maximum atomic E-state index is 5.45. The van der Waals surface area contributed by atoms with Crippen LogP contribution >= 0.6 is 15.9 Å². The number of anilines is 3. The number of aromatic nitrogens is 3. The van der Waals surface area contributed by atoms with Gasteiger partial charge in [-0.25, -0.2) is 4.98 Å². The summed E-state index contributed by atoms with van der Waals surface area (Å²) in [7, 11) is 1.70. The summed E-state index contributed by atoms with van der Waals surface area (Å²) < 4.78 is 6.27. The highest BCUT2D eigenvalue weighted by Crippen LogP contribution is 2.31. The lowest BCUT2D eigenvalue weighted by molar-refractivity contribution is 0.410. The van der Waals surface area contributed by atoms with Crippen LogP contribution in [0.2, 0.25) is 0 Å². The molecule has 3 heterocycles. The number of fused-ring (bicyclic) bond motifs is 1. The molecule has 2 aromatic carbocycles. The normalized spacial score (nSPS) is 13.5. The largest absolute Gasteiger partial charge is 0.496 e. The maximum Gasteiger partial charge on any atom is 0.229 e. The van der Waals surface area contributed by atoms with E-state index in [0.717, 1.165) is 65.3 Å². The zero-order valence-corrected chi connectivity index (χ0v) is 20.6. The van der Waals surface area contributed by atoms with Gasteiger partial charge in [-0.1, -0.05) is 24.3 Å². The molecule has 8 heteroatoms. The molecule has 34 heavy (non-hydrogen) atoms. The van der Waals surface area contributed by atoms with E-state index >= 15 is 0 Å². The van der Waals surface area contributed by atoms with Gasteiger partial charge in [0, 0.05) is 47.6 Å². The first kappa shape index (κ1) is 22.4. The summed E-state index contributed by atoms with van der Waals surface area (Å²) in [5, 5.41) is 11.3. The van der Waals surface area contributed by atoms with Crippen molar-refractivity contribution in [2.75, 3.05) is 37.4 Å². The molecule has 174 valence electrons. The second-order valence-electron chi connectivity index (χ2n) is 8.15. The Morgan fingerprint density at radius 1 is 1.18 bits per heavy atom. The molecular weight excluding hydrogens is 492 g/mol. The zero-order valence-electron chi connectivity index (χ0n) is 19.0. The Morgan fingerprint density at radius 2 is 2.09 bits per heavy atom. The number of ether oxygens (including phenoxy) is 1. The number of hydrogen-bond donors (Lipinski definition) is 4. The van der Waals surface area contributed by atoms with Gasteiger partial charge in [0.15, 0.2) is 0 Å². The van der Waals surface area contributed by atoms with Crippen LogP contribution in [0.15, 0.2) is 65.4 Å². The van der Waals surface area contributed by atoms with Crippen LogP contribution in [0.25, 0.3) is 16.5 Å². The summed E-state index contributed by atoms with van der Waals surface area (Å²) in [6.45, 7) is 2.65. The molecule has 0 saturated carbocycles. The van der Waals surface area contributed by atoms with Crippen molar-refractivity contribution in [2.45, 2.75) is 12.8 Å². The van der Waals surface area contributed by atoms with Gasteiger partial charge in [-0.15, -0.1) is 0 Å². The molecule has 0 saturated heterocycles. The third kappa shape index (κ3) is 4.93. The van der Waals surface area contributed by atoms with E-state index in [2.05, 4.69) is 77.3 Å². The molecule has 5 rings (SSSR count). The molecule has 0 radical (unpaired) electrons. The Kier molecular flexibility index (Phi) is 6.78. The molecule has 0 aliphatic carbocycles. The predicted molar refractivity (Wildman–Crippen MR) is 142 cm³/mol. The molecule has 1 aliphatic heterocycles. The average molecular weight is 519 g/mol. The van der Waals surface area contributed by atoms with Gasteiger partial charge in [0.05, 0.1) is 11.6 Å². The number of aromatic amines is 1. The fraction of sp³-hybridized carbons (Fsp3) is 0.231. The van der Waals surface area contributed by atoms with Crippen molar-refractivity contribution in [1.29, 1.82) is 0 Å². The monoisotopic (exact) mass is 518 g/mol. The smallest absolute Gasteiger partial charge is 0.229 e. The fourth-order valence-electron chi connectivity index (χ4n) is 4.24. The molecule has 0 amide bonds. The van der Waals surface area contributed by atoms with Crippen LogP contribution in [-0.4, -0.2) is 41.7 Å². The van der Waals surface area contributed by atoms with Crippen LogP contribution < -0.4 is 20.7 Å². The van der Waals surface area contributed by atoms with Crippen LogP contribution in [-0.2, 0) is 6.42 Å². The summed E-state index contributed by atoms with van der Waals surface area (Å²) >= 11 is 3.56. The highest BCUT2D eigenvalue weighted by molar-refractivity contribution is 9.10. The molecule has 4 aromatic rings. The van der Waals surface area contributed by atoms with Crippen molar-refractivity contribution in [1.82, 2.24) is 20.3 Å². The zero-order chi connectivity index (χ0) is 23.3. The maximum absolute atomic E-state index is 5.45. The van der Waals surface area contributed by atoms with Crippen LogP contribution in [0.1, 0.15) is 17.5 Å². The van der Waals surface area contributed by atoms with Gasteiger partial charge in [0.1, 0.15) is 11.6 Å². The van der Waals surface area contributed by atoms with Crippen molar-refractivity contribution < 1.29 is 4.74 Å². The van der Waals surface area contributed by atoms with Gasteiger partial charge in [-0.2, -0.15) is 4.98 Å². The number of nitrogens with zero attached hydrogens (tertiary/aromatic N) is 2. The molecule has 0 atom stereocenters. The van der Waals surface area contributed by atoms with Gasteiger partial charge in [-0.3, -0.25) is 0 Å². The van der Waals surface area contributed by atoms with Crippen molar-refractivity contribution in [3.05, 3.63) is 76.5 Å². The standard InChI is InChI=1S/C26H27BrN6O/c1-34-24-5-3-2-4-18(24)10-13-29-25-22(27)16-31-26(33-25)32-19-6-7-23-20(14-19)21(15-30-23)17-8-11-28-12-9-17/h2-8,14-16,28,30H,9-13H2,1H3,(H2,29,31,32,33). The Morgan fingerprint density at radius 3 is 2.94 bits per heavy atom. The van der Waals surface area contributed by atoms with Crippen molar-refractivity contribution in [3.63, 3.8) is 0 Å². The molecular formula is C26H27BrN6O. The van der Waals surface area contributed by atoms with Crippen molar-refractivity contribution >= 4 is 49.9 Å². The minimum absolute atomic E-state index is 0.542. The Hall–Kier alpha value is -3.36. The summed E-state index contributed by atoms with van der Waals surface area (Å²) in [4.78, 5) is 12.5. The lowest BCUT2D eigenvalue weighted by Gasteiger charge is -2.14. The summed E-state index contributed by atoms with van der Waals surface area (Å²) in [5.41, 5.74) is 5.86. The van der Waals surface area contributed by atoms with Crippen LogP contribution in [0, 0.1) is 0 Å². The van der Waals surface area contributed by atoms with E-state index in [0.29, 0.717) is 5.95 Å². The topological polar surface area (TPSA) is 86.9 Å². The van der Waals surface area contributed by atoms with Crippen molar-refractivity contribution in [3.8, 4) is 5.75 Å². The van der Waals surface area contributed by atoms with Gasteiger partial charge in [-0.05, 0) is 70.7 Å². The first-order chi connectivity index (χ1) is 16.7. The number of rotatable bonds is 8. The van der Waals surface area contributed by atoms with Crippen LogP contribution in [0.3, 0.4) is 0 Å². The average Bonchev–Trinajstić information content (AvgIpc) is 3.30. The number of nitrogens with one attached hydrogen (secondary N) is 4. The second-order valence-corrected chi connectivity index (χ2v) is 9.00. The van der Waals surface area contributed by atoms with E-state index < -0.39 is 0 Å². The van der Waals surface area contributed by atoms with Gasteiger partial charge in [0.25, 0.3) is 0 Å². The number of H-pyrrole nitrogens is 1. The first-order valence-corrected chi connectivity index (χ1v) is 12.2. The Bertz CT molecular complexity index is 1330. The number of hydrogen-bond acceptors (Lipinski definition) is 6. The SMILES string of the molecule is COc1ccccc1CCNc1nc(Nc2ccc3[nH]cc(C4=CCNCC4)c3c2)ncc1Br. The Balaban J connectivity index is 1.31. The minimum atomic E-state index is 0.542. The van der Waals surface area contributed by atoms with E-state index in [9.17, 15) is 0 Å². The molecule has 0 unspecified atom stereocenters. The predicted octanol–water partition coefficient (Wildman–Crippen LogP) is 5.50. The summed E-state index contributed by atoms with van der Waals surface area (Å²) in [6, 6.07) is 14.3. The molecule has 0 spiro atoms. The Labute approximate surface area is 207 Å². The van der Waals surface area contributed by atoms with Crippen LogP contribution in [0.5, 0.6) is 5.75 Å². The van der Waals surface area contributed by atoms with Gasteiger partial charge >= 0.3 is 0 Å². The third-order valence-electron chi connectivity index (χ3n) is 5.97. The molecule has 7 nitrogen and oxygen atoms in total.